The van der Waals surface area contributed by atoms with E-state index in [2.05, 4.69) is 32.7 Å². The monoisotopic (exact) mass is 279 g/mol. The van der Waals surface area contributed by atoms with Gasteiger partial charge in [-0.15, -0.1) is 0 Å². The van der Waals surface area contributed by atoms with E-state index >= 15 is 0 Å². The van der Waals surface area contributed by atoms with Gasteiger partial charge >= 0.3 is 0 Å². The van der Waals surface area contributed by atoms with Crippen LogP contribution in [0.1, 0.15) is 0 Å². The van der Waals surface area contributed by atoms with E-state index in [4.69, 9.17) is 11.6 Å². The highest BCUT2D eigenvalue weighted by molar-refractivity contribution is 14.1. The number of nitrogens with zero attached hydrogens (tertiary/aromatic N) is 3. The number of aromatic nitrogens is 3. The smallest absolute Gasteiger partial charge is 0.167 e. The molecule has 0 aliphatic carbocycles. The molecule has 0 amide bonds. The molecule has 11 heavy (non-hydrogen) atoms. The molecule has 2 aromatic heterocycles. The second kappa shape index (κ2) is 2.60. The molecule has 0 spiro atoms. The largest absolute Gasteiger partial charge is 0.235 e. The first kappa shape index (κ1) is 7.30. The maximum atomic E-state index is 5.72. The summed E-state index contributed by atoms with van der Waals surface area (Å²) in [4.78, 5) is 4.09. The summed E-state index contributed by atoms with van der Waals surface area (Å²) in [6.07, 6.45) is 3.46. The maximum Gasteiger partial charge on any atom is 0.167 e. The first-order valence-electron chi connectivity index (χ1n) is 2.93. The van der Waals surface area contributed by atoms with Crippen LogP contribution in [-0.2, 0) is 0 Å². The second-order valence-corrected chi connectivity index (χ2v) is 3.56. The third-order valence-electron chi connectivity index (χ3n) is 1.28. The van der Waals surface area contributed by atoms with E-state index in [1.807, 2.05) is 0 Å². The predicted molar refractivity (Wildman–Crippen MR) is 50.7 cm³/mol. The molecule has 56 valence electrons. The minimum absolute atomic E-state index is 0.486. The van der Waals surface area contributed by atoms with Crippen molar-refractivity contribution in [3.63, 3.8) is 0 Å². The SMILES string of the molecule is Clc1cc(I)c2nccn2n1. The summed E-state index contributed by atoms with van der Waals surface area (Å²) in [6.45, 7) is 0. The summed E-state index contributed by atoms with van der Waals surface area (Å²) < 4.78 is 2.66. The fourth-order valence-electron chi connectivity index (χ4n) is 0.850. The van der Waals surface area contributed by atoms with E-state index in [0.29, 0.717) is 5.15 Å². The van der Waals surface area contributed by atoms with Gasteiger partial charge in [-0.25, -0.2) is 9.50 Å². The molecule has 0 aromatic carbocycles. The Kier molecular flexibility index (Phi) is 1.72. The van der Waals surface area contributed by atoms with Gasteiger partial charge in [0.15, 0.2) is 10.8 Å². The zero-order chi connectivity index (χ0) is 7.84. The van der Waals surface area contributed by atoms with Crippen LogP contribution >= 0.6 is 34.2 Å². The summed E-state index contributed by atoms with van der Waals surface area (Å²) in [5, 5.41) is 4.50. The summed E-state index contributed by atoms with van der Waals surface area (Å²) in [7, 11) is 0. The van der Waals surface area contributed by atoms with Crippen LogP contribution < -0.4 is 0 Å². The van der Waals surface area contributed by atoms with Crippen molar-refractivity contribution < 1.29 is 0 Å². The third-order valence-corrected chi connectivity index (χ3v) is 2.26. The van der Waals surface area contributed by atoms with Gasteiger partial charge in [-0.05, 0) is 28.7 Å². The van der Waals surface area contributed by atoms with E-state index in [9.17, 15) is 0 Å². The Morgan fingerprint density at radius 3 is 3.18 bits per heavy atom. The maximum absolute atomic E-state index is 5.72. The lowest BCUT2D eigenvalue weighted by molar-refractivity contribution is 0.932. The number of hydrogen-bond donors (Lipinski definition) is 0. The second-order valence-electron chi connectivity index (χ2n) is 2.01. The molecule has 0 aliphatic heterocycles. The van der Waals surface area contributed by atoms with Gasteiger partial charge in [0.05, 0.1) is 3.57 Å². The van der Waals surface area contributed by atoms with Crippen molar-refractivity contribution >= 4 is 39.8 Å². The van der Waals surface area contributed by atoms with Gasteiger partial charge in [0.1, 0.15) is 0 Å². The number of imidazole rings is 1. The topological polar surface area (TPSA) is 30.2 Å². The normalized spacial score (nSPS) is 10.7. The minimum atomic E-state index is 0.486. The van der Waals surface area contributed by atoms with Gasteiger partial charge in [-0.1, -0.05) is 11.6 Å². The number of rotatable bonds is 0. The average Bonchev–Trinajstić information content (AvgIpc) is 2.34. The molecule has 0 radical (unpaired) electrons. The molecule has 0 N–H and O–H groups in total. The van der Waals surface area contributed by atoms with E-state index in [-0.39, 0.29) is 0 Å². The molecule has 0 aliphatic rings. The number of fused-ring (bicyclic) bond motifs is 1. The third kappa shape index (κ3) is 1.20. The van der Waals surface area contributed by atoms with Gasteiger partial charge in [0.2, 0.25) is 0 Å². The van der Waals surface area contributed by atoms with Gasteiger partial charge in [-0.3, -0.25) is 0 Å². The van der Waals surface area contributed by atoms with Crippen LogP contribution in [0, 0.1) is 3.57 Å². The van der Waals surface area contributed by atoms with E-state index in [0.717, 1.165) is 9.22 Å². The standard InChI is InChI=1S/C6H3ClIN3/c7-5-3-4(8)6-9-1-2-11(6)10-5/h1-3H. The highest BCUT2D eigenvalue weighted by Gasteiger charge is 2.01. The van der Waals surface area contributed by atoms with E-state index in [1.165, 1.54) is 0 Å². The molecule has 0 fully saturated rings. The van der Waals surface area contributed by atoms with E-state index in [1.54, 1.807) is 23.0 Å². The Balaban J connectivity index is 2.91. The molecule has 2 heterocycles. The van der Waals surface area contributed by atoms with Crippen LogP contribution in [0.3, 0.4) is 0 Å². The van der Waals surface area contributed by atoms with E-state index < -0.39 is 0 Å². The van der Waals surface area contributed by atoms with Crippen molar-refractivity contribution in [2.24, 2.45) is 0 Å². The number of halogens is 2. The van der Waals surface area contributed by atoms with Crippen molar-refractivity contribution in [2.75, 3.05) is 0 Å². The van der Waals surface area contributed by atoms with Crippen LogP contribution in [0.4, 0.5) is 0 Å². The van der Waals surface area contributed by atoms with Gasteiger partial charge < -0.3 is 0 Å². The van der Waals surface area contributed by atoms with Crippen molar-refractivity contribution in [1.82, 2.24) is 14.6 Å². The lowest BCUT2D eigenvalue weighted by Crippen LogP contribution is -1.92. The quantitative estimate of drug-likeness (QED) is 0.690. The fraction of sp³-hybridized carbons (Fsp3) is 0. The van der Waals surface area contributed by atoms with Crippen LogP contribution in [0.5, 0.6) is 0 Å². The molecular formula is C6H3ClIN3. The zero-order valence-electron chi connectivity index (χ0n) is 5.33. The lowest BCUT2D eigenvalue weighted by atomic mass is 10.6. The highest BCUT2D eigenvalue weighted by atomic mass is 127. The molecule has 2 aromatic rings. The first-order valence-corrected chi connectivity index (χ1v) is 4.38. The molecule has 0 saturated carbocycles. The summed E-state index contributed by atoms with van der Waals surface area (Å²) >= 11 is 7.89. The van der Waals surface area contributed by atoms with Crippen LogP contribution in [0.15, 0.2) is 18.5 Å². The van der Waals surface area contributed by atoms with Crippen molar-refractivity contribution in [1.29, 1.82) is 0 Å². The van der Waals surface area contributed by atoms with Crippen molar-refractivity contribution in [2.45, 2.75) is 0 Å². The molecule has 2 rings (SSSR count). The molecule has 5 heteroatoms. The Morgan fingerprint density at radius 1 is 1.55 bits per heavy atom. The Labute approximate surface area is 81.5 Å². The van der Waals surface area contributed by atoms with Crippen molar-refractivity contribution in [3.8, 4) is 0 Å². The predicted octanol–water partition coefficient (Wildman–Crippen LogP) is 1.99. The molecule has 0 bridgehead atoms. The van der Waals surface area contributed by atoms with Crippen molar-refractivity contribution in [3.05, 3.63) is 27.2 Å². The van der Waals surface area contributed by atoms with Gasteiger partial charge in [-0.2, -0.15) is 5.10 Å². The molecule has 0 saturated heterocycles. The Morgan fingerprint density at radius 2 is 2.36 bits per heavy atom. The Hall–Kier alpha value is -0.360. The average molecular weight is 279 g/mol. The minimum Gasteiger partial charge on any atom is -0.235 e. The first-order chi connectivity index (χ1) is 5.27. The summed E-state index contributed by atoms with van der Waals surface area (Å²) in [5.41, 5.74) is 0.843. The van der Waals surface area contributed by atoms with Gasteiger partial charge in [0.25, 0.3) is 0 Å². The van der Waals surface area contributed by atoms with Crippen LogP contribution in [0.25, 0.3) is 5.65 Å². The van der Waals surface area contributed by atoms with Crippen LogP contribution in [0.2, 0.25) is 5.15 Å². The molecule has 3 nitrogen and oxygen atoms in total. The highest BCUT2D eigenvalue weighted by Crippen LogP contribution is 2.14. The summed E-state index contributed by atoms with van der Waals surface area (Å²) in [6, 6.07) is 1.78. The summed E-state index contributed by atoms with van der Waals surface area (Å²) in [5.74, 6) is 0. The van der Waals surface area contributed by atoms with Gasteiger partial charge in [0, 0.05) is 12.4 Å². The Bertz CT molecular complexity index is 398. The zero-order valence-corrected chi connectivity index (χ0v) is 8.24. The molecule has 0 unspecified atom stereocenters. The molecular weight excluding hydrogens is 276 g/mol. The lowest BCUT2D eigenvalue weighted by Gasteiger charge is -1.94. The fourth-order valence-corrected chi connectivity index (χ4v) is 1.91. The molecule has 0 atom stereocenters. The number of hydrogen-bond acceptors (Lipinski definition) is 2. The van der Waals surface area contributed by atoms with Crippen LogP contribution in [-0.4, -0.2) is 14.6 Å².